The van der Waals surface area contributed by atoms with Gasteiger partial charge in [0.2, 0.25) is 5.82 Å². The van der Waals surface area contributed by atoms with Crippen LogP contribution in [0.4, 0.5) is 29.1 Å². The molecular weight excluding hydrogens is 452 g/mol. The highest BCUT2D eigenvalue weighted by atomic mass is 32.2. The largest absolute Gasteiger partial charge is 0.419 e. The summed E-state index contributed by atoms with van der Waals surface area (Å²) in [6.07, 6.45) is -4.69. The molecule has 1 saturated heterocycles. The highest BCUT2D eigenvalue weighted by Gasteiger charge is 2.34. The molecule has 0 radical (unpaired) electrons. The minimum absolute atomic E-state index is 0.0349. The number of aliphatic imine (C=N–C) groups is 1. The molecule has 2 aromatic rings. The number of aromatic nitrogens is 2. The topological polar surface area (TPSA) is 142 Å². The number of alkyl halides is 3. The molecule has 0 saturated carbocycles. The Bertz CT molecular complexity index is 1050. The molecule has 16 heteroatoms. The van der Waals surface area contributed by atoms with Gasteiger partial charge in [0.15, 0.2) is 11.5 Å². The number of nitrogens with zero attached hydrogens (tertiary/aromatic N) is 4. The van der Waals surface area contributed by atoms with Crippen LogP contribution in [0.3, 0.4) is 0 Å². The van der Waals surface area contributed by atoms with E-state index in [2.05, 4.69) is 25.3 Å². The first kappa shape index (κ1) is 22.9. The van der Waals surface area contributed by atoms with Gasteiger partial charge in [0, 0.05) is 19.6 Å². The van der Waals surface area contributed by atoms with Crippen molar-refractivity contribution < 1.29 is 40.0 Å². The fourth-order valence-electron chi connectivity index (χ4n) is 2.30. The van der Waals surface area contributed by atoms with E-state index in [1.54, 1.807) is 5.48 Å². The molecule has 3 N–H and O–H groups in total. The number of nitrogens with one attached hydrogen (secondary N) is 2. The summed E-state index contributed by atoms with van der Waals surface area (Å²) in [6, 6.07) is 2.01. The number of halogens is 4. The molecule has 1 fully saturated rings. The van der Waals surface area contributed by atoms with Crippen LogP contribution in [-0.2, 0) is 20.7 Å². The van der Waals surface area contributed by atoms with Crippen molar-refractivity contribution in [3.8, 4) is 0 Å². The van der Waals surface area contributed by atoms with Gasteiger partial charge in [0.05, 0.1) is 17.9 Å². The molecule has 11 nitrogen and oxygen atoms in total. The first-order chi connectivity index (χ1) is 14.6. The molecule has 1 aliphatic rings. The van der Waals surface area contributed by atoms with E-state index in [1.165, 1.54) is 0 Å². The average molecular weight is 468 g/mol. The Labute approximate surface area is 172 Å². The molecule has 1 aromatic carbocycles. The Balaban J connectivity index is 1.66. The van der Waals surface area contributed by atoms with Gasteiger partial charge in [-0.25, -0.2) is 14.0 Å². The molecule has 0 atom stereocenters. The maximum atomic E-state index is 13.4. The van der Waals surface area contributed by atoms with Gasteiger partial charge in [0.25, 0.3) is 0 Å². The summed E-state index contributed by atoms with van der Waals surface area (Å²) < 4.78 is 85.6. The lowest BCUT2D eigenvalue weighted by atomic mass is 10.2. The van der Waals surface area contributed by atoms with Crippen molar-refractivity contribution in [1.29, 1.82) is 0 Å². The second kappa shape index (κ2) is 9.13. The van der Waals surface area contributed by atoms with Gasteiger partial charge in [-0.05, 0) is 34.9 Å². The molecule has 0 unspecified atom stereocenters. The number of rotatable bonds is 9. The fourth-order valence-corrected chi connectivity index (χ4v) is 3.31. The zero-order valence-electron chi connectivity index (χ0n) is 15.6. The van der Waals surface area contributed by atoms with E-state index in [1.807, 2.05) is 0 Å². The van der Waals surface area contributed by atoms with E-state index >= 15 is 0 Å². The maximum Gasteiger partial charge on any atom is 0.419 e. The summed E-state index contributed by atoms with van der Waals surface area (Å²) in [5.74, 6) is -1.94. The van der Waals surface area contributed by atoms with Crippen molar-refractivity contribution in [1.82, 2.24) is 20.1 Å². The summed E-state index contributed by atoms with van der Waals surface area (Å²) in [7, 11) is -3.71. The van der Waals surface area contributed by atoms with Crippen molar-refractivity contribution in [3.05, 3.63) is 35.3 Å². The lowest BCUT2D eigenvalue weighted by Crippen LogP contribution is -2.22. The van der Waals surface area contributed by atoms with Gasteiger partial charge in [-0.15, -0.1) is 0 Å². The van der Waals surface area contributed by atoms with Crippen LogP contribution in [0.2, 0.25) is 0 Å². The van der Waals surface area contributed by atoms with Crippen molar-refractivity contribution >= 4 is 27.6 Å². The standard InChI is InChI=1S/C15H16F4N6O5S/c16-11-3-2-9(8-10(11)15(17,18)19)21-14(22-26)12-13(24-30-23-12)20-4-1-7-29-31(27,28)25-5-6-25/h2-3,8,26H,1,4-7H2,(H,20,24)(H,21,22). The average Bonchev–Trinajstić information content (AvgIpc) is 3.47. The van der Waals surface area contributed by atoms with E-state index in [0.717, 1.165) is 10.4 Å². The fraction of sp³-hybridized carbons (Fsp3) is 0.400. The van der Waals surface area contributed by atoms with Crippen LogP contribution in [0.5, 0.6) is 0 Å². The van der Waals surface area contributed by atoms with E-state index in [0.29, 0.717) is 25.2 Å². The normalized spacial score (nSPS) is 15.2. The van der Waals surface area contributed by atoms with Crippen LogP contribution in [0.1, 0.15) is 17.7 Å². The second-order valence-electron chi connectivity index (χ2n) is 6.15. The van der Waals surface area contributed by atoms with E-state index in [9.17, 15) is 31.2 Å². The second-order valence-corrected chi connectivity index (χ2v) is 7.76. The molecule has 1 aromatic heterocycles. The predicted octanol–water partition coefficient (Wildman–Crippen LogP) is 1.66. The van der Waals surface area contributed by atoms with E-state index < -0.39 is 33.7 Å². The van der Waals surface area contributed by atoms with Crippen LogP contribution in [0.25, 0.3) is 0 Å². The molecule has 0 amide bonds. The van der Waals surface area contributed by atoms with Crippen LogP contribution >= 0.6 is 0 Å². The number of amidine groups is 1. The van der Waals surface area contributed by atoms with Gasteiger partial charge in [-0.1, -0.05) is 0 Å². The van der Waals surface area contributed by atoms with Gasteiger partial charge in [-0.2, -0.15) is 25.9 Å². The van der Waals surface area contributed by atoms with Crippen LogP contribution in [-0.4, -0.2) is 60.3 Å². The Hall–Kier alpha value is -2.82. The third-order valence-electron chi connectivity index (χ3n) is 3.88. The number of hydrogen-bond donors (Lipinski definition) is 3. The highest BCUT2D eigenvalue weighted by Crippen LogP contribution is 2.33. The number of hydroxylamine groups is 1. The van der Waals surface area contributed by atoms with Crippen LogP contribution in [0.15, 0.2) is 27.8 Å². The number of benzene rings is 1. The Morgan fingerprint density at radius 1 is 1.32 bits per heavy atom. The van der Waals surface area contributed by atoms with E-state index in [-0.39, 0.29) is 36.8 Å². The van der Waals surface area contributed by atoms with Gasteiger partial charge in [-0.3, -0.25) is 14.9 Å². The summed E-state index contributed by atoms with van der Waals surface area (Å²) in [5, 5.41) is 19.1. The van der Waals surface area contributed by atoms with Crippen molar-refractivity contribution in [3.63, 3.8) is 0 Å². The van der Waals surface area contributed by atoms with Gasteiger partial charge in [0.1, 0.15) is 5.82 Å². The smallest absolute Gasteiger partial charge is 0.365 e. The molecular formula is C15H16F4N6O5S. The zero-order valence-corrected chi connectivity index (χ0v) is 16.4. The molecule has 1 aliphatic heterocycles. The van der Waals surface area contributed by atoms with E-state index in [4.69, 9.17) is 4.18 Å². The Morgan fingerprint density at radius 2 is 2.06 bits per heavy atom. The van der Waals surface area contributed by atoms with Crippen molar-refractivity contribution in [2.75, 3.05) is 31.6 Å². The van der Waals surface area contributed by atoms with Crippen LogP contribution < -0.4 is 10.8 Å². The highest BCUT2D eigenvalue weighted by molar-refractivity contribution is 7.84. The third kappa shape index (κ3) is 5.87. The maximum absolute atomic E-state index is 13.4. The third-order valence-corrected chi connectivity index (χ3v) is 5.35. The quantitative estimate of drug-likeness (QED) is 0.125. The molecule has 31 heavy (non-hydrogen) atoms. The minimum Gasteiger partial charge on any atom is -0.365 e. The predicted molar refractivity (Wildman–Crippen MR) is 96.4 cm³/mol. The molecule has 2 heterocycles. The van der Waals surface area contributed by atoms with Crippen molar-refractivity contribution in [2.24, 2.45) is 4.99 Å². The summed E-state index contributed by atoms with van der Waals surface area (Å²) >= 11 is 0. The summed E-state index contributed by atoms with van der Waals surface area (Å²) in [6.45, 7) is 0.887. The molecule has 3 rings (SSSR count). The molecule has 0 bridgehead atoms. The minimum atomic E-state index is -4.93. The lowest BCUT2D eigenvalue weighted by molar-refractivity contribution is -0.139. The van der Waals surface area contributed by atoms with Gasteiger partial charge >= 0.3 is 16.5 Å². The Kier molecular flexibility index (Phi) is 6.73. The number of hydrogen-bond acceptors (Lipinski definition) is 9. The molecule has 170 valence electrons. The summed E-state index contributed by atoms with van der Waals surface area (Å²) in [4.78, 5) is 3.78. The Morgan fingerprint density at radius 3 is 2.71 bits per heavy atom. The first-order valence-corrected chi connectivity index (χ1v) is 10.0. The molecule has 0 spiro atoms. The first-order valence-electron chi connectivity index (χ1n) is 8.68. The monoisotopic (exact) mass is 468 g/mol. The SMILES string of the molecule is O=S(=O)(OCCCNc1nonc1C(=Nc1ccc(F)c(C(F)(F)F)c1)NO)N1CC1. The summed E-state index contributed by atoms with van der Waals surface area (Å²) in [5.41, 5.74) is -0.366. The van der Waals surface area contributed by atoms with Crippen molar-refractivity contribution in [2.45, 2.75) is 12.6 Å². The lowest BCUT2D eigenvalue weighted by Gasteiger charge is -2.09. The molecule has 0 aliphatic carbocycles. The van der Waals surface area contributed by atoms with Crippen LogP contribution in [0, 0.1) is 5.82 Å². The number of anilines is 1. The zero-order chi connectivity index (χ0) is 22.6. The van der Waals surface area contributed by atoms with Gasteiger partial charge < -0.3 is 5.32 Å².